The van der Waals surface area contributed by atoms with E-state index in [0.717, 1.165) is 109 Å². The zero-order chi connectivity index (χ0) is 36.1. The maximum atomic E-state index is 13.1. The van der Waals surface area contributed by atoms with Gasteiger partial charge in [0.1, 0.15) is 0 Å². The summed E-state index contributed by atoms with van der Waals surface area (Å²) in [5, 5.41) is 11.0. The van der Waals surface area contributed by atoms with Crippen LogP contribution in [0.1, 0.15) is 169 Å². The summed E-state index contributed by atoms with van der Waals surface area (Å²) >= 11 is 0. The molecule has 5 fully saturated rings. The molecule has 0 aromatic rings. The summed E-state index contributed by atoms with van der Waals surface area (Å²) in [5.74, 6) is 0.963. The van der Waals surface area contributed by atoms with Crippen LogP contribution in [-0.4, -0.2) is 74.0 Å². The Labute approximate surface area is 304 Å². The topological polar surface area (TPSA) is 102 Å². The highest BCUT2D eigenvalue weighted by atomic mass is 16.5. The molecule has 288 valence electrons. The van der Waals surface area contributed by atoms with Gasteiger partial charge in [0, 0.05) is 42.1 Å². The average molecular weight is 704 g/mol. The normalized spacial score (nSPS) is 35.0. The van der Waals surface area contributed by atoms with Gasteiger partial charge in [-0.2, -0.15) is 0 Å². The van der Waals surface area contributed by atoms with Crippen LogP contribution in [0.4, 0.5) is 0 Å². The average Bonchev–Trinajstić information content (AvgIpc) is 3.09. The molecule has 1 N–H and O–H groups in total. The highest BCUT2D eigenvalue weighted by molar-refractivity contribution is 5.70. The minimum absolute atomic E-state index is 0.0369. The fourth-order valence-corrected chi connectivity index (χ4v) is 11.3. The highest BCUT2D eigenvalue weighted by Gasteiger charge is 2.69. The zero-order valence-corrected chi connectivity index (χ0v) is 32.5. The van der Waals surface area contributed by atoms with Crippen molar-refractivity contribution in [3.8, 4) is 0 Å². The Morgan fingerprint density at radius 2 is 1.34 bits per heavy atom. The van der Waals surface area contributed by atoms with Crippen molar-refractivity contribution in [2.45, 2.75) is 169 Å². The summed E-state index contributed by atoms with van der Waals surface area (Å²) in [5.41, 5.74) is -1.35. The van der Waals surface area contributed by atoms with Crippen molar-refractivity contribution >= 4 is 17.9 Å². The lowest BCUT2D eigenvalue weighted by atomic mass is 9.36. The van der Waals surface area contributed by atoms with E-state index in [1.165, 1.54) is 38.5 Å². The van der Waals surface area contributed by atoms with Crippen LogP contribution in [0, 0.1) is 33.5 Å². The van der Waals surface area contributed by atoms with Gasteiger partial charge in [-0.15, -0.1) is 0 Å². The van der Waals surface area contributed by atoms with Crippen LogP contribution in [-0.2, 0) is 28.6 Å². The van der Waals surface area contributed by atoms with Crippen molar-refractivity contribution in [3.05, 3.63) is 0 Å². The van der Waals surface area contributed by atoms with E-state index in [4.69, 9.17) is 14.2 Å². The second-order valence-electron chi connectivity index (χ2n) is 17.9. The predicted molar refractivity (Wildman–Crippen MR) is 197 cm³/mol. The molecule has 1 saturated heterocycles. The van der Waals surface area contributed by atoms with Gasteiger partial charge in [0.15, 0.2) is 0 Å². The first-order chi connectivity index (χ1) is 24.0. The lowest BCUT2D eigenvalue weighted by Crippen LogP contribution is -2.65. The molecule has 8 nitrogen and oxygen atoms in total. The van der Waals surface area contributed by atoms with Gasteiger partial charge >= 0.3 is 17.9 Å². The Hall–Kier alpha value is -1.67. The smallest absolute Gasteiger partial charge is 0.305 e. The Kier molecular flexibility index (Phi) is 16.0. The van der Waals surface area contributed by atoms with Crippen LogP contribution in [0.5, 0.6) is 0 Å². The van der Waals surface area contributed by atoms with E-state index in [0.29, 0.717) is 45.0 Å². The number of carbonyl (C=O) groups is 3. The maximum Gasteiger partial charge on any atom is 0.305 e. The SMILES string of the molecule is CCCN(CC)CCCC(=O)OCC12CC3(CO)CC4(COC(=O)CCCCC(C)CCCCC(CC)CCCCC(=O)OCC(C3)(C4)C1)C2. The number of aliphatic hydroxyl groups is 1. The van der Waals surface area contributed by atoms with Crippen molar-refractivity contribution in [2.75, 3.05) is 46.1 Å². The summed E-state index contributed by atoms with van der Waals surface area (Å²) < 4.78 is 18.3. The number of cyclic esters (lactones) is 2. The van der Waals surface area contributed by atoms with Crippen LogP contribution < -0.4 is 0 Å². The predicted octanol–water partition coefficient (Wildman–Crippen LogP) is 8.80. The highest BCUT2D eigenvalue weighted by Crippen LogP contribution is 2.74. The van der Waals surface area contributed by atoms with Gasteiger partial charge in [-0.25, -0.2) is 0 Å². The summed E-state index contributed by atoms with van der Waals surface area (Å²) in [4.78, 5) is 41.7. The number of esters is 3. The molecule has 50 heavy (non-hydrogen) atoms. The van der Waals surface area contributed by atoms with Crippen LogP contribution in [0.2, 0.25) is 0 Å². The molecular formula is C42H73NO7. The third-order valence-electron chi connectivity index (χ3n) is 13.0. The van der Waals surface area contributed by atoms with Crippen molar-refractivity contribution < 1.29 is 33.7 Å². The summed E-state index contributed by atoms with van der Waals surface area (Å²) in [6.07, 6.45) is 20.3. The molecule has 5 rings (SSSR count). The number of carbonyl (C=O) groups excluding carboxylic acids is 3. The molecule has 4 saturated carbocycles. The number of hydrogen-bond acceptors (Lipinski definition) is 8. The molecule has 6 unspecified atom stereocenters. The Bertz CT molecular complexity index is 1080. The molecule has 2 spiro atoms. The third-order valence-corrected chi connectivity index (χ3v) is 13.0. The fraction of sp³-hybridized carbons (Fsp3) is 0.929. The van der Waals surface area contributed by atoms with E-state index in [9.17, 15) is 19.5 Å². The van der Waals surface area contributed by atoms with Crippen molar-refractivity contribution in [1.29, 1.82) is 0 Å². The van der Waals surface area contributed by atoms with Gasteiger partial charge in [0.2, 0.25) is 0 Å². The lowest BCUT2D eigenvalue weighted by Gasteiger charge is -2.69. The lowest BCUT2D eigenvalue weighted by molar-refractivity contribution is -0.247. The summed E-state index contributed by atoms with van der Waals surface area (Å²) in [6.45, 7) is 12.9. The summed E-state index contributed by atoms with van der Waals surface area (Å²) in [7, 11) is 0. The van der Waals surface area contributed by atoms with Gasteiger partial charge in [-0.3, -0.25) is 14.4 Å². The molecule has 4 aliphatic carbocycles. The Balaban J connectivity index is 1.47. The molecule has 0 radical (unpaired) electrons. The van der Waals surface area contributed by atoms with Gasteiger partial charge in [0.05, 0.1) is 19.8 Å². The monoisotopic (exact) mass is 704 g/mol. The molecular weight excluding hydrogens is 630 g/mol. The van der Waals surface area contributed by atoms with E-state index in [-0.39, 0.29) is 46.2 Å². The molecule has 8 heteroatoms. The fourth-order valence-electron chi connectivity index (χ4n) is 11.3. The number of nitrogens with zero attached hydrogens (tertiary/aromatic N) is 1. The van der Waals surface area contributed by atoms with E-state index in [2.05, 4.69) is 32.6 Å². The number of rotatable bonds is 11. The molecule has 0 amide bonds. The van der Waals surface area contributed by atoms with E-state index < -0.39 is 0 Å². The largest absolute Gasteiger partial charge is 0.465 e. The van der Waals surface area contributed by atoms with Crippen molar-refractivity contribution in [1.82, 2.24) is 4.90 Å². The zero-order valence-electron chi connectivity index (χ0n) is 32.5. The number of aliphatic hydroxyl groups excluding tert-OH is 1. The van der Waals surface area contributed by atoms with Crippen LogP contribution in [0.15, 0.2) is 0 Å². The first-order valence-electron chi connectivity index (χ1n) is 20.8. The van der Waals surface area contributed by atoms with Crippen molar-refractivity contribution in [2.24, 2.45) is 33.5 Å². The number of hydrogen-bond donors (Lipinski definition) is 1. The quantitative estimate of drug-likeness (QED) is 0.168. The van der Waals surface area contributed by atoms with Crippen LogP contribution in [0.25, 0.3) is 0 Å². The number of ether oxygens (including phenoxy) is 3. The summed E-state index contributed by atoms with van der Waals surface area (Å²) in [6, 6.07) is 0. The van der Waals surface area contributed by atoms with E-state index in [1.807, 2.05) is 0 Å². The van der Waals surface area contributed by atoms with E-state index in [1.54, 1.807) is 0 Å². The molecule has 4 bridgehead atoms. The van der Waals surface area contributed by atoms with Crippen LogP contribution in [0.3, 0.4) is 0 Å². The molecule has 0 aromatic heterocycles. The van der Waals surface area contributed by atoms with Gasteiger partial charge < -0.3 is 24.2 Å². The van der Waals surface area contributed by atoms with Crippen LogP contribution >= 0.6 is 0 Å². The minimum Gasteiger partial charge on any atom is -0.465 e. The molecule has 1 heterocycles. The molecule has 0 aromatic carbocycles. The maximum absolute atomic E-state index is 13.1. The molecule has 1 aliphatic heterocycles. The van der Waals surface area contributed by atoms with Gasteiger partial charge in [-0.05, 0) is 101 Å². The minimum atomic E-state index is -0.362. The first kappa shape index (κ1) is 41.1. The second-order valence-corrected chi connectivity index (χ2v) is 17.9. The molecule has 6 atom stereocenters. The van der Waals surface area contributed by atoms with Crippen molar-refractivity contribution in [3.63, 3.8) is 0 Å². The first-order valence-corrected chi connectivity index (χ1v) is 20.8. The van der Waals surface area contributed by atoms with E-state index >= 15 is 0 Å². The van der Waals surface area contributed by atoms with Gasteiger partial charge in [-0.1, -0.05) is 85.5 Å². The standard InChI is InChI=1S/C42H73NO7/c1-5-22-43(7-3)23-14-21-38(47)50-33-42-26-39(30-44)24-40(28-42)27-41(25-39,29-42)32-49-37(46)20-13-11-18-35(6-2)17-10-8-15-34(4)16-9-12-19-36(45)48-31-40/h34-35,44H,5-33H2,1-4H3. The Morgan fingerprint density at radius 1 is 0.780 bits per heavy atom. The molecule has 5 aliphatic rings. The Morgan fingerprint density at radius 3 is 1.90 bits per heavy atom. The third kappa shape index (κ3) is 11.9. The second kappa shape index (κ2) is 19.4. The van der Waals surface area contributed by atoms with Gasteiger partial charge in [0.25, 0.3) is 0 Å².